The Labute approximate surface area is 144 Å². The van der Waals surface area contributed by atoms with Crippen molar-refractivity contribution in [2.75, 3.05) is 0 Å². The molecule has 0 saturated carbocycles. The second-order valence-electron chi connectivity index (χ2n) is 6.34. The van der Waals surface area contributed by atoms with E-state index in [-0.39, 0.29) is 17.4 Å². The summed E-state index contributed by atoms with van der Waals surface area (Å²) in [5, 5.41) is 5.10. The number of carbonyl (C=O) groups is 1. The number of amides is 1. The maximum atomic E-state index is 12.4. The average molecular weight is 413 g/mol. The summed E-state index contributed by atoms with van der Waals surface area (Å²) < 4.78 is 1.13. The Balaban J connectivity index is 2.18. The van der Waals surface area contributed by atoms with E-state index in [2.05, 4.69) is 60.8 Å². The predicted molar refractivity (Wildman–Crippen MR) is 97.8 cm³/mol. The van der Waals surface area contributed by atoms with Gasteiger partial charge in [0.05, 0.1) is 14.5 Å². The van der Waals surface area contributed by atoms with Crippen LogP contribution in [-0.4, -0.2) is 5.91 Å². The van der Waals surface area contributed by atoms with Gasteiger partial charge in [-0.25, -0.2) is 0 Å². The van der Waals surface area contributed by atoms with E-state index in [1.807, 2.05) is 29.6 Å². The van der Waals surface area contributed by atoms with Crippen LogP contribution in [-0.2, 0) is 0 Å². The zero-order chi connectivity index (χ0) is 15.5. The fourth-order valence-corrected chi connectivity index (χ4v) is 3.55. The molecule has 2 nitrogen and oxygen atoms in total. The number of thiophene rings is 1. The summed E-state index contributed by atoms with van der Waals surface area (Å²) in [6, 6.07) is 12.2. The lowest BCUT2D eigenvalue weighted by Gasteiger charge is -2.27. The van der Waals surface area contributed by atoms with Crippen molar-refractivity contribution in [2.45, 2.75) is 33.2 Å². The normalized spacial score (nSPS) is 13.0. The molecule has 0 radical (unpaired) electrons. The number of rotatable bonds is 4. The highest BCUT2D eigenvalue weighted by atomic mass is 127. The van der Waals surface area contributed by atoms with Gasteiger partial charge in [-0.05, 0) is 46.1 Å². The summed E-state index contributed by atoms with van der Waals surface area (Å²) >= 11 is 3.83. The standard InChI is InChI=1S/C17H20INOS/c1-17(2,3)10-14(12-7-5-4-6-8-12)19-16(20)13-9-15(18)21-11-13/h4-9,11,14H,10H2,1-3H3,(H,19,20). The summed E-state index contributed by atoms with van der Waals surface area (Å²) in [5.41, 5.74) is 2.06. The van der Waals surface area contributed by atoms with Gasteiger partial charge >= 0.3 is 0 Å². The van der Waals surface area contributed by atoms with Gasteiger partial charge in [-0.1, -0.05) is 51.1 Å². The third-order valence-electron chi connectivity index (χ3n) is 3.15. The monoisotopic (exact) mass is 413 g/mol. The highest BCUT2D eigenvalue weighted by Gasteiger charge is 2.22. The van der Waals surface area contributed by atoms with E-state index in [0.29, 0.717) is 0 Å². The van der Waals surface area contributed by atoms with Crippen LogP contribution in [0.2, 0.25) is 0 Å². The number of nitrogens with one attached hydrogen (secondary N) is 1. The molecule has 2 rings (SSSR count). The van der Waals surface area contributed by atoms with E-state index >= 15 is 0 Å². The molecule has 0 saturated heterocycles. The highest BCUT2D eigenvalue weighted by molar-refractivity contribution is 14.1. The lowest BCUT2D eigenvalue weighted by molar-refractivity contribution is 0.0927. The molecule has 4 heteroatoms. The molecule has 0 bridgehead atoms. The Morgan fingerprint density at radius 3 is 2.48 bits per heavy atom. The molecule has 1 atom stereocenters. The van der Waals surface area contributed by atoms with Crippen molar-refractivity contribution < 1.29 is 4.79 Å². The molecule has 0 aliphatic heterocycles. The molecule has 2 aromatic rings. The Hall–Kier alpha value is -0.880. The molecule has 1 aromatic carbocycles. The van der Waals surface area contributed by atoms with Crippen LogP contribution in [0.4, 0.5) is 0 Å². The van der Waals surface area contributed by atoms with Crippen LogP contribution in [0.15, 0.2) is 41.8 Å². The minimum Gasteiger partial charge on any atom is -0.345 e. The topological polar surface area (TPSA) is 29.1 Å². The molecular weight excluding hydrogens is 393 g/mol. The third kappa shape index (κ3) is 5.11. The predicted octanol–water partition coefficient (Wildman–Crippen LogP) is 5.26. The Morgan fingerprint density at radius 2 is 1.95 bits per heavy atom. The van der Waals surface area contributed by atoms with E-state index in [1.165, 1.54) is 0 Å². The van der Waals surface area contributed by atoms with Crippen molar-refractivity contribution in [1.29, 1.82) is 0 Å². The van der Waals surface area contributed by atoms with Crippen LogP contribution in [0, 0.1) is 8.30 Å². The maximum absolute atomic E-state index is 12.4. The van der Waals surface area contributed by atoms with Gasteiger partial charge in [0, 0.05) is 5.38 Å². The van der Waals surface area contributed by atoms with Gasteiger partial charge in [-0.2, -0.15) is 0 Å². The summed E-state index contributed by atoms with van der Waals surface area (Å²) in [6.07, 6.45) is 0.907. The van der Waals surface area contributed by atoms with Crippen molar-refractivity contribution in [1.82, 2.24) is 5.32 Å². The average Bonchev–Trinajstić information content (AvgIpc) is 2.84. The summed E-state index contributed by atoms with van der Waals surface area (Å²) in [6.45, 7) is 6.59. The lowest BCUT2D eigenvalue weighted by Crippen LogP contribution is -2.31. The lowest BCUT2D eigenvalue weighted by atomic mass is 9.85. The third-order valence-corrected chi connectivity index (χ3v) is 4.94. The number of halogens is 1. The molecule has 0 spiro atoms. The number of hydrogen-bond acceptors (Lipinski definition) is 2. The van der Waals surface area contributed by atoms with Crippen LogP contribution < -0.4 is 5.32 Å². The minimum atomic E-state index is 0.00673. The molecular formula is C17H20INOS. The number of hydrogen-bond donors (Lipinski definition) is 1. The molecule has 1 aromatic heterocycles. The quantitative estimate of drug-likeness (QED) is 0.681. The van der Waals surface area contributed by atoms with E-state index < -0.39 is 0 Å². The smallest absolute Gasteiger partial charge is 0.252 e. The second-order valence-corrected chi connectivity index (χ2v) is 9.15. The second kappa shape index (κ2) is 6.92. The summed E-state index contributed by atoms with van der Waals surface area (Å²) in [5.74, 6) is 0.00673. The molecule has 0 aliphatic rings. The summed E-state index contributed by atoms with van der Waals surface area (Å²) in [4.78, 5) is 12.4. The van der Waals surface area contributed by atoms with Crippen LogP contribution >= 0.6 is 33.9 Å². The first-order valence-corrected chi connectivity index (χ1v) is 8.91. The van der Waals surface area contributed by atoms with Crippen LogP contribution in [0.3, 0.4) is 0 Å². The van der Waals surface area contributed by atoms with E-state index in [9.17, 15) is 4.79 Å². The van der Waals surface area contributed by atoms with Gasteiger partial charge in [-0.3, -0.25) is 4.79 Å². The molecule has 1 heterocycles. The van der Waals surface area contributed by atoms with E-state index in [1.54, 1.807) is 11.3 Å². The SMILES string of the molecule is CC(C)(C)CC(NC(=O)c1csc(I)c1)c1ccccc1. The van der Waals surface area contributed by atoms with Gasteiger partial charge in [0.2, 0.25) is 0 Å². The zero-order valence-corrected chi connectivity index (χ0v) is 15.5. The van der Waals surface area contributed by atoms with Crippen LogP contribution in [0.25, 0.3) is 0 Å². The molecule has 1 unspecified atom stereocenters. The number of carbonyl (C=O) groups excluding carboxylic acids is 1. The fourth-order valence-electron chi connectivity index (χ4n) is 2.22. The van der Waals surface area contributed by atoms with Gasteiger partial charge < -0.3 is 5.32 Å². The Morgan fingerprint density at radius 1 is 1.29 bits per heavy atom. The fraction of sp³-hybridized carbons (Fsp3) is 0.353. The van der Waals surface area contributed by atoms with Crippen molar-refractivity contribution in [2.24, 2.45) is 5.41 Å². The highest BCUT2D eigenvalue weighted by Crippen LogP contribution is 2.30. The van der Waals surface area contributed by atoms with Gasteiger partial charge in [0.15, 0.2) is 0 Å². The van der Waals surface area contributed by atoms with Crippen molar-refractivity contribution in [3.63, 3.8) is 0 Å². The zero-order valence-electron chi connectivity index (χ0n) is 12.5. The van der Waals surface area contributed by atoms with Gasteiger partial charge in [0.25, 0.3) is 5.91 Å². The van der Waals surface area contributed by atoms with Gasteiger partial charge in [0.1, 0.15) is 0 Å². The van der Waals surface area contributed by atoms with Crippen LogP contribution in [0.5, 0.6) is 0 Å². The van der Waals surface area contributed by atoms with E-state index in [4.69, 9.17) is 0 Å². The Kier molecular flexibility index (Phi) is 5.43. The number of benzene rings is 1. The largest absolute Gasteiger partial charge is 0.345 e. The Bertz CT molecular complexity index is 601. The van der Waals surface area contributed by atoms with Gasteiger partial charge in [-0.15, -0.1) is 11.3 Å². The molecule has 112 valence electrons. The summed E-state index contributed by atoms with van der Waals surface area (Å²) in [7, 11) is 0. The molecule has 1 N–H and O–H groups in total. The molecule has 1 amide bonds. The van der Waals surface area contributed by atoms with Crippen molar-refractivity contribution >= 4 is 39.8 Å². The first-order chi connectivity index (χ1) is 9.85. The first-order valence-electron chi connectivity index (χ1n) is 6.95. The first kappa shape index (κ1) is 16.5. The molecule has 21 heavy (non-hydrogen) atoms. The molecule has 0 fully saturated rings. The van der Waals surface area contributed by atoms with Crippen molar-refractivity contribution in [3.8, 4) is 0 Å². The molecule has 0 aliphatic carbocycles. The van der Waals surface area contributed by atoms with E-state index in [0.717, 1.165) is 20.4 Å². The van der Waals surface area contributed by atoms with Crippen molar-refractivity contribution in [3.05, 3.63) is 55.8 Å². The minimum absolute atomic E-state index is 0.00673. The maximum Gasteiger partial charge on any atom is 0.252 e. The van der Waals surface area contributed by atoms with Crippen LogP contribution in [0.1, 0.15) is 49.2 Å².